The fourth-order valence-corrected chi connectivity index (χ4v) is 2.97. The number of amides is 1. The highest BCUT2D eigenvalue weighted by Crippen LogP contribution is 2.33. The summed E-state index contributed by atoms with van der Waals surface area (Å²) in [6, 6.07) is 10.2. The summed E-state index contributed by atoms with van der Waals surface area (Å²) in [6.07, 6.45) is 6.17. The maximum atomic E-state index is 11.7. The Kier molecular flexibility index (Phi) is 2.74. The average molecular weight is 277 g/mol. The molecule has 21 heavy (non-hydrogen) atoms. The molecule has 1 aromatic carbocycles. The number of H-pyrrole nitrogens is 1. The number of hydrogen-bond donors (Lipinski definition) is 2. The maximum Gasteiger partial charge on any atom is 0.224 e. The quantitative estimate of drug-likeness (QED) is 0.715. The lowest BCUT2D eigenvalue weighted by Crippen LogP contribution is -2.09. The fourth-order valence-electron chi connectivity index (χ4n) is 2.97. The fraction of sp³-hybridized carbons (Fsp3) is 0.176. The van der Waals surface area contributed by atoms with E-state index in [1.54, 1.807) is 0 Å². The van der Waals surface area contributed by atoms with Crippen LogP contribution in [0.2, 0.25) is 0 Å². The topological polar surface area (TPSA) is 57.8 Å². The number of pyridine rings is 1. The van der Waals surface area contributed by atoms with Crippen LogP contribution in [0.25, 0.3) is 22.2 Å². The third-order valence-electron chi connectivity index (χ3n) is 3.99. The molecule has 1 amide bonds. The Bertz CT molecular complexity index is 835. The minimum atomic E-state index is 0.102. The van der Waals surface area contributed by atoms with Gasteiger partial charge in [0.05, 0.1) is 0 Å². The number of benzene rings is 1. The van der Waals surface area contributed by atoms with Crippen LogP contribution < -0.4 is 5.32 Å². The lowest BCUT2D eigenvalue weighted by molar-refractivity contribution is -0.116. The van der Waals surface area contributed by atoms with E-state index in [0.29, 0.717) is 6.42 Å². The number of hydrogen-bond acceptors (Lipinski definition) is 2. The molecule has 1 aliphatic rings. The molecular weight excluding hydrogens is 262 g/mol. The first kappa shape index (κ1) is 12.1. The molecule has 3 aromatic rings. The number of carbonyl (C=O) groups is 1. The monoisotopic (exact) mass is 277 g/mol. The number of carbonyl (C=O) groups excluding carboxylic acids is 1. The molecule has 0 unspecified atom stereocenters. The van der Waals surface area contributed by atoms with Gasteiger partial charge in [0, 0.05) is 35.5 Å². The van der Waals surface area contributed by atoms with Gasteiger partial charge in [-0.3, -0.25) is 4.79 Å². The van der Waals surface area contributed by atoms with E-state index < -0.39 is 0 Å². The summed E-state index contributed by atoms with van der Waals surface area (Å²) in [7, 11) is 0. The molecule has 0 atom stereocenters. The molecule has 2 N–H and O–H groups in total. The molecule has 4 heteroatoms. The zero-order valence-electron chi connectivity index (χ0n) is 11.5. The summed E-state index contributed by atoms with van der Waals surface area (Å²) in [4.78, 5) is 19.3. The van der Waals surface area contributed by atoms with Gasteiger partial charge >= 0.3 is 0 Å². The number of aromatic amines is 1. The van der Waals surface area contributed by atoms with Crippen molar-refractivity contribution in [3.05, 3.63) is 48.3 Å². The summed E-state index contributed by atoms with van der Waals surface area (Å²) in [5.41, 5.74) is 5.29. The molecule has 0 spiro atoms. The van der Waals surface area contributed by atoms with Crippen LogP contribution in [0.1, 0.15) is 18.4 Å². The smallest absolute Gasteiger partial charge is 0.224 e. The molecule has 0 saturated carbocycles. The van der Waals surface area contributed by atoms with E-state index in [9.17, 15) is 4.79 Å². The molecular formula is C17H15N3O. The highest BCUT2D eigenvalue weighted by molar-refractivity contribution is 5.94. The molecule has 1 aliphatic heterocycles. The Morgan fingerprint density at radius 3 is 3.05 bits per heavy atom. The van der Waals surface area contributed by atoms with E-state index in [2.05, 4.69) is 27.4 Å². The van der Waals surface area contributed by atoms with Gasteiger partial charge in [-0.15, -0.1) is 0 Å². The van der Waals surface area contributed by atoms with Crippen molar-refractivity contribution in [3.8, 4) is 11.1 Å². The second-order valence-electron chi connectivity index (χ2n) is 5.37. The van der Waals surface area contributed by atoms with Crippen LogP contribution in [0.15, 0.2) is 42.7 Å². The van der Waals surface area contributed by atoms with Gasteiger partial charge in [0.2, 0.25) is 5.91 Å². The van der Waals surface area contributed by atoms with Crippen LogP contribution in [0.5, 0.6) is 0 Å². The van der Waals surface area contributed by atoms with Gasteiger partial charge in [0.15, 0.2) is 0 Å². The minimum Gasteiger partial charge on any atom is -0.346 e. The summed E-state index contributed by atoms with van der Waals surface area (Å²) >= 11 is 0. The maximum absolute atomic E-state index is 11.7. The molecule has 104 valence electrons. The third-order valence-corrected chi connectivity index (χ3v) is 3.99. The number of aromatic nitrogens is 2. The standard InChI is InChI=1S/C17H15N3O/c21-16-6-2-4-14-13(3-1-5-15(14)20-16)12-9-11-7-8-18-17(11)19-10-12/h1,3,5,7-10H,2,4,6H2,(H,18,19)(H,20,21). The van der Waals surface area contributed by atoms with Crippen molar-refractivity contribution in [1.82, 2.24) is 9.97 Å². The van der Waals surface area contributed by atoms with Crippen molar-refractivity contribution in [1.29, 1.82) is 0 Å². The number of nitrogens with one attached hydrogen (secondary N) is 2. The van der Waals surface area contributed by atoms with E-state index in [4.69, 9.17) is 0 Å². The molecule has 0 fully saturated rings. The summed E-state index contributed by atoms with van der Waals surface area (Å²) in [5, 5.41) is 4.10. The van der Waals surface area contributed by atoms with Crippen LogP contribution in [0.3, 0.4) is 0 Å². The zero-order chi connectivity index (χ0) is 14.2. The summed E-state index contributed by atoms with van der Waals surface area (Å²) in [6.45, 7) is 0. The highest BCUT2D eigenvalue weighted by Gasteiger charge is 2.16. The highest BCUT2D eigenvalue weighted by atomic mass is 16.1. The van der Waals surface area contributed by atoms with Gasteiger partial charge in [-0.1, -0.05) is 12.1 Å². The summed E-state index contributed by atoms with van der Waals surface area (Å²) < 4.78 is 0. The molecule has 0 saturated heterocycles. The number of fused-ring (bicyclic) bond motifs is 2. The second kappa shape index (κ2) is 4.74. The van der Waals surface area contributed by atoms with Crippen LogP contribution in [-0.4, -0.2) is 15.9 Å². The molecule has 0 bridgehead atoms. The lowest BCUT2D eigenvalue weighted by atomic mass is 9.96. The lowest BCUT2D eigenvalue weighted by Gasteiger charge is -2.12. The van der Waals surface area contributed by atoms with E-state index in [1.807, 2.05) is 30.6 Å². The number of rotatable bonds is 1. The van der Waals surface area contributed by atoms with Gasteiger partial charge in [0.25, 0.3) is 0 Å². The predicted molar refractivity (Wildman–Crippen MR) is 83.1 cm³/mol. The van der Waals surface area contributed by atoms with Crippen molar-refractivity contribution in [2.75, 3.05) is 5.32 Å². The third kappa shape index (κ3) is 2.09. The molecule has 4 nitrogen and oxygen atoms in total. The first-order chi connectivity index (χ1) is 10.3. The van der Waals surface area contributed by atoms with Crippen molar-refractivity contribution >= 4 is 22.6 Å². The molecule has 0 radical (unpaired) electrons. The van der Waals surface area contributed by atoms with Gasteiger partial charge < -0.3 is 10.3 Å². The molecule has 2 aromatic heterocycles. The van der Waals surface area contributed by atoms with E-state index in [1.165, 1.54) is 5.56 Å². The van der Waals surface area contributed by atoms with Crippen LogP contribution in [-0.2, 0) is 11.2 Å². The number of nitrogens with zero attached hydrogens (tertiary/aromatic N) is 1. The Balaban J connectivity index is 1.88. The zero-order valence-corrected chi connectivity index (χ0v) is 11.5. The van der Waals surface area contributed by atoms with Crippen LogP contribution >= 0.6 is 0 Å². The Hall–Kier alpha value is -2.62. The Labute approximate surface area is 122 Å². The predicted octanol–water partition coefficient (Wildman–Crippen LogP) is 3.50. The minimum absolute atomic E-state index is 0.102. The molecule has 3 heterocycles. The van der Waals surface area contributed by atoms with Gasteiger partial charge in [-0.2, -0.15) is 0 Å². The van der Waals surface area contributed by atoms with E-state index >= 15 is 0 Å². The first-order valence-electron chi connectivity index (χ1n) is 7.16. The molecule has 0 aliphatic carbocycles. The SMILES string of the molecule is O=C1CCCc2c(cccc2-c2cnc3[nH]ccc3c2)N1. The van der Waals surface area contributed by atoms with Crippen molar-refractivity contribution in [3.63, 3.8) is 0 Å². The first-order valence-corrected chi connectivity index (χ1v) is 7.16. The van der Waals surface area contributed by atoms with Gasteiger partial charge in [0.1, 0.15) is 5.65 Å². The Morgan fingerprint density at radius 2 is 2.10 bits per heavy atom. The summed E-state index contributed by atoms with van der Waals surface area (Å²) in [5.74, 6) is 0.102. The largest absolute Gasteiger partial charge is 0.346 e. The van der Waals surface area contributed by atoms with Crippen molar-refractivity contribution in [2.24, 2.45) is 0 Å². The van der Waals surface area contributed by atoms with Crippen LogP contribution in [0, 0.1) is 0 Å². The van der Waals surface area contributed by atoms with Crippen LogP contribution in [0.4, 0.5) is 5.69 Å². The normalized spacial score (nSPS) is 14.6. The van der Waals surface area contributed by atoms with Crippen molar-refractivity contribution in [2.45, 2.75) is 19.3 Å². The average Bonchev–Trinajstić information content (AvgIpc) is 2.87. The van der Waals surface area contributed by atoms with E-state index in [-0.39, 0.29) is 5.91 Å². The molecule has 4 rings (SSSR count). The van der Waals surface area contributed by atoms with Crippen molar-refractivity contribution < 1.29 is 4.79 Å². The second-order valence-corrected chi connectivity index (χ2v) is 5.37. The van der Waals surface area contributed by atoms with Gasteiger partial charge in [-0.05, 0) is 42.2 Å². The number of anilines is 1. The van der Waals surface area contributed by atoms with E-state index in [0.717, 1.165) is 40.7 Å². The Morgan fingerprint density at radius 1 is 1.14 bits per heavy atom. The van der Waals surface area contributed by atoms with Gasteiger partial charge in [-0.25, -0.2) is 4.98 Å².